The van der Waals surface area contributed by atoms with Gasteiger partial charge in [0.15, 0.2) is 0 Å². The van der Waals surface area contributed by atoms with E-state index in [9.17, 15) is 23.9 Å². The number of aryl methyl sites for hydroxylation is 1. The number of nitrogens with zero attached hydrogens (tertiary/aromatic N) is 1. The number of hydrogen-bond acceptors (Lipinski definition) is 12. The minimum Gasteiger partial charge on any atom is -0.478 e. The Morgan fingerprint density at radius 1 is 0.562 bits per heavy atom. The number of methoxy groups -OCH3 is 2. The van der Waals surface area contributed by atoms with Crippen LogP contribution in [0.3, 0.4) is 0 Å². The maximum absolute atomic E-state index is 14.0. The molecule has 1 N–H and O–H groups in total. The SMILES string of the molecule is COC(=O)c1ccccc1Sc1csc2ccc(N(C)C)cc12.COC(=O)c1ccccc1Sc1csc2cccc(F)c12.Cc1cccc2c(Sc3ccccc3C(=O)O)csc12. The highest BCUT2D eigenvalue weighted by Gasteiger charge is 2.18. The molecule has 0 aliphatic heterocycles. The second kappa shape index (κ2) is 21.4. The summed E-state index contributed by atoms with van der Waals surface area (Å²) in [5, 5.41) is 18.4. The maximum Gasteiger partial charge on any atom is 0.339 e. The van der Waals surface area contributed by atoms with Crippen molar-refractivity contribution in [1.82, 2.24) is 0 Å². The average molecular weight is 962 g/mol. The molecular formula is C50H40FNO6S6. The van der Waals surface area contributed by atoms with Gasteiger partial charge in [-0.25, -0.2) is 18.8 Å². The molecule has 9 aromatic rings. The van der Waals surface area contributed by atoms with Crippen molar-refractivity contribution in [2.24, 2.45) is 0 Å². The first-order valence-electron chi connectivity index (χ1n) is 19.5. The number of carboxylic acids is 1. The molecule has 324 valence electrons. The number of carbonyl (C=O) groups is 3. The standard InChI is InChI=1S/C18H17NO2S2.C16H11FO2S2.C16H12O2S2/c1-19(2)12-8-9-15-14(10-12)17(11-22-15)23-16-7-5-4-6-13(16)18(20)21-3;1-19-16(18)10-5-2-3-7-12(10)21-14-9-20-13-8-4-6-11(17)15(13)14;1-10-5-4-7-11-14(9-19-15(10)11)20-13-8-3-2-6-12(13)16(17)18/h4-11H,1-3H3;2-9H,1H3;2-9H,1H3,(H,17,18). The molecule has 0 spiro atoms. The van der Waals surface area contributed by atoms with E-state index in [4.69, 9.17) is 9.47 Å². The summed E-state index contributed by atoms with van der Waals surface area (Å²) in [4.78, 5) is 42.6. The van der Waals surface area contributed by atoms with Crippen molar-refractivity contribution in [3.05, 3.63) is 172 Å². The predicted octanol–water partition coefficient (Wildman–Crippen LogP) is 14.9. The predicted molar refractivity (Wildman–Crippen MR) is 266 cm³/mol. The third kappa shape index (κ3) is 10.7. The molecule has 7 nitrogen and oxygen atoms in total. The zero-order chi connectivity index (χ0) is 45.3. The number of anilines is 1. The molecule has 0 saturated carbocycles. The van der Waals surface area contributed by atoms with Crippen LogP contribution in [0.15, 0.2) is 173 Å². The molecule has 14 heteroatoms. The van der Waals surface area contributed by atoms with Gasteiger partial charge in [0.2, 0.25) is 0 Å². The van der Waals surface area contributed by atoms with E-state index in [0.29, 0.717) is 22.1 Å². The van der Waals surface area contributed by atoms with Crippen molar-refractivity contribution >= 4 is 123 Å². The lowest BCUT2D eigenvalue weighted by Gasteiger charge is -2.12. The van der Waals surface area contributed by atoms with E-state index in [1.165, 1.54) is 86.6 Å². The molecule has 0 aliphatic rings. The van der Waals surface area contributed by atoms with Gasteiger partial charge >= 0.3 is 17.9 Å². The number of rotatable bonds is 10. The van der Waals surface area contributed by atoms with Gasteiger partial charge < -0.3 is 19.5 Å². The van der Waals surface area contributed by atoms with Gasteiger partial charge in [0, 0.05) is 95.6 Å². The molecule has 6 aromatic carbocycles. The fourth-order valence-corrected chi connectivity index (χ4v) is 13.0. The molecular weight excluding hydrogens is 922 g/mol. The Morgan fingerprint density at radius 3 is 1.69 bits per heavy atom. The van der Waals surface area contributed by atoms with Crippen LogP contribution >= 0.6 is 69.3 Å². The van der Waals surface area contributed by atoms with E-state index in [-0.39, 0.29) is 11.8 Å². The molecule has 0 atom stereocenters. The molecule has 0 aliphatic carbocycles. The smallest absolute Gasteiger partial charge is 0.339 e. The van der Waals surface area contributed by atoms with Crippen molar-refractivity contribution in [2.75, 3.05) is 33.2 Å². The van der Waals surface area contributed by atoms with Crippen LogP contribution < -0.4 is 4.90 Å². The second-order valence-corrected chi connectivity index (χ2v) is 20.0. The normalized spacial score (nSPS) is 10.8. The minimum absolute atomic E-state index is 0.244. The molecule has 0 fully saturated rings. The largest absolute Gasteiger partial charge is 0.478 e. The molecule has 9 rings (SSSR count). The number of carbonyl (C=O) groups excluding carboxylic acids is 2. The van der Waals surface area contributed by atoms with Crippen LogP contribution in [0.5, 0.6) is 0 Å². The van der Waals surface area contributed by atoms with Crippen molar-refractivity contribution in [3.63, 3.8) is 0 Å². The number of hydrogen-bond donors (Lipinski definition) is 1. The zero-order valence-electron chi connectivity index (χ0n) is 35.1. The van der Waals surface area contributed by atoms with Gasteiger partial charge in [0.05, 0.1) is 30.9 Å². The first kappa shape index (κ1) is 46.4. The lowest BCUT2D eigenvalue weighted by atomic mass is 10.2. The summed E-state index contributed by atoms with van der Waals surface area (Å²) in [6, 6.07) is 39.6. The lowest BCUT2D eigenvalue weighted by Crippen LogP contribution is -2.07. The van der Waals surface area contributed by atoms with Crippen molar-refractivity contribution < 1.29 is 33.4 Å². The summed E-state index contributed by atoms with van der Waals surface area (Å²) in [6.45, 7) is 2.10. The van der Waals surface area contributed by atoms with Gasteiger partial charge in [-0.2, -0.15) is 0 Å². The van der Waals surface area contributed by atoms with Crippen LogP contribution in [0.1, 0.15) is 36.6 Å². The Hall–Kier alpha value is -5.61. The van der Waals surface area contributed by atoms with Gasteiger partial charge in [-0.1, -0.05) is 95.9 Å². The highest BCUT2D eigenvalue weighted by atomic mass is 32.2. The summed E-state index contributed by atoms with van der Waals surface area (Å²) in [5.74, 6) is -1.82. The number of thiophene rings is 3. The van der Waals surface area contributed by atoms with Gasteiger partial charge in [-0.15, -0.1) is 34.0 Å². The summed E-state index contributed by atoms with van der Waals surface area (Å²) >= 11 is 9.41. The number of carboxylic acid groups (broad SMARTS) is 1. The zero-order valence-corrected chi connectivity index (χ0v) is 40.0. The van der Waals surface area contributed by atoms with E-state index in [0.717, 1.165) is 34.1 Å². The monoisotopic (exact) mass is 961 g/mol. The molecule has 0 unspecified atom stereocenters. The summed E-state index contributed by atoms with van der Waals surface area (Å²) in [6.07, 6.45) is 0. The number of aromatic carboxylic acids is 1. The van der Waals surface area contributed by atoms with Gasteiger partial charge in [0.25, 0.3) is 0 Å². The Labute approximate surface area is 394 Å². The molecule has 0 bridgehead atoms. The van der Waals surface area contributed by atoms with Crippen LogP contribution in [-0.4, -0.2) is 51.3 Å². The third-order valence-electron chi connectivity index (χ3n) is 9.68. The van der Waals surface area contributed by atoms with E-state index < -0.39 is 11.9 Å². The number of benzene rings is 6. The molecule has 0 amide bonds. The second-order valence-electron chi connectivity index (χ2n) is 14.0. The van der Waals surface area contributed by atoms with Crippen molar-refractivity contribution in [3.8, 4) is 0 Å². The van der Waals surface area contributed by atoms with E-state index in [1.807, 2.05) is 74.1 Å². The summed E-state index contributed by atoms with van der Waals surface area (Å²) < 4.78 is 27.1. The highest BCUT2D eigenvalue weighted by molar-refractivity contribution is 8.00. The molecule has 3 heterocycles. The highest BCUT2D eigenvalue weighted by Crippen LogP contribution is 2.42. The molecule has 0 radical (unpaired) electrons. The van der Waals surface area contributed by atoms with E-state index >= 15 is 0 Å². The quantitative estimate of drug-likeness (QED) is 0.134. The fourth-order valence-electron chi connectivity index (χ4n) is 6.46. The first-order valence-corrected chi connectivity index (χ1v) is 24.6. The maximum atomic E-state index is 14.0. The lowest BCUT2D eigenvalue weighted by molar-refractivity contribution is 0.0588. The molecule has 0 saturated heterocycles. The fraction of sp³-hybridized carbons (Fsp3) is 0.100. The molecule has 64 heavy (non-hydrogen) atoms. The number of fused-ring (bicyclic) bond motifs is 3. The van der Waals surface area contributed by atoms with Crippen LogP contribution in [0.2, 0.25) is 0 Å². The van der Waals surface area contributed by atoms with Gasteiger partial charge in [0.1, 0.15) is 5.82 Å². The van der Waals surface area contributed by atoms with Crippen molar-refractivity contribution in [1.29, 1.82) is 0 Å². The van der Waals surface area contributed by atoms with E-state index in [2.05, 4.69) is 52.9 Å². The Bertz CT molecular complexity index is 3120. The number of esters is 2. The topological polar surface area (TPSA) is 93.1 Å². The van der Waals surface area contributed by atoms with E-state index in [1.54, 1.807) is 70.8 Å². The van der Waals surface area contributed by atoms with Crippen LogP contribution in [-0.2, 0) is 9.47 Å². The van der Waals surface area contributed by atoms with Crippen LogP contribution in [0.25, 0.3) is 30.3 Å². The first-order chi connectivity index (χ1) is 31.0. The van der Waals surface area contributed by atoms with Crippen LogP contribution in [0.4, 0.5) is 10.1 Å². The summed E-state index contributed by atoms with van der Waals surface area (Å²) in [7, 11) is 6.83. The Balaban J connectivity index is 0.000000144. The Morgan fingerprint density at radius 2 is 1.08 bits per heavy atom. The number of halogens is 1. The summed E-state index contributed by atoms with van der Waals surface area (Å²) in [5.41, 5.74) is 3.86. The third-order valence-corrected chi connectivity index (χ3v) is 16.6. The molecule has 3 aromatic heterocycles. The van der Waals surface area contributed by atoms with Crippen molar-refractivity contribution in [2.45, 2.75) is 36.3 Å². The Kier molecular flexibility index (Phi) is 15.5. The van der Waals surface area contributed by atoms with Gasteiger partial charge in [-0.3, -0.25) is 0 Å². The minimum atomic E-state index is -0.885. The average Bonchev–Trinajstić information content (AvgIpc) is 4.04. The van der Waals surface area contributed by atoms with Crippen LogP contribution in [0, 0.1) is 12.7 Å². The van der Waals surface area contributed by atoms with Gasteiger partial charge in [-0.05, 0) is 79.2 Å². The number of ether oxygens (including phenoxy) is 2.